The molecule has 0 aliphatic carbocycles. The summed E-state index contributed by atoms with van der Waals surface area (Å²) >= 11 is 0. The lowest BCUT2D eigenvalue weighted by Gasteiger charge is -2.09. The van der Waals surface area contributed by atoms with Crippen LogP contribution in [0, 0.1) is 13.8 Å². The fourth-order valence-corrected chi connectivity index (χ4v) is 2.82. The zero-order valence-electron chi connectivity index (χ0n) is 16.9. The number of carbonyl (C=O) groups is 2. The van der Waals surface area contributed by atoms with Gasteiger partial charge in [-0.05, 0) is 43.9 Å². The molecule has 2 rings (SSSR count). The second kappa shape index (κ2) is 11.0. The van der Waals surface area contributed by atoms with Crippen molar-refractivity contribution in [1.82, 2.24) is 5.43 Å². The highest BCUT2D eigenvalue weighted by Gasteiger charge is 2.09. The van der Waals surface area contributed by atoms with E-state index in [2.05, 4.69) is 22.8 Å². The number of anilines is 1. The molecule has 5 heteroatoms. The summed E-state index contributed by atoms with van der Waals surface area (Å²) in [7, 11) is 0. The number of hydrazone groups is 1. The summed E-state index contributed by atoms with van der Waals surface area (Å²) in [6, 6.07) is 15.7. The predicted molar refractivity (Wildman–Crippen MR) is 114 cm³/mol. The Bertz CT molecular complexity index is 829. The van der Waals surface area contributed by atoms with E-state index in [0.29, 0.717) is 0 Å². The number of benzene rings is 2. The molecule has 2 aromatic rings. The zero-order valence-corrected chi connectivity index (χ0v) is 16.9. The molecule has 5 nitrogen and oxygen atoms in total. The second-order valence-electron chi connectivity index (χ2n) is 6.93. The van der Waals surface area contributed by atoms with E-state index in [0.717, 1.165) is 47.4 Å². The van der Waals surface area contributed by atoms with Crippen molar-refractivity contribution in [2.45, 2.75) is 52.9 Å². The zero-order chi connectivity index (χ0) is 20.4. The van der Waals surface area contributed by atoms with Crippen molar-refractivity contribution < 1.29 is 9.59 Å². The molecule has 0 fully saturated rings. The van der Waals surface area contributed by atoms with E-state index in [1.165, 1.54) is 0 Å². The topological polar surface area (TPSA) is 70.6 Å². The Kier molecular flexibility index (Phi) is 8.40. The lowest BCUT2D eigenvalue weighted by molar-refractivity contribution is -0.124. The molecule has 2 N–H and O–H groups in total. The molecule has 28 heavy (non-hydrogen) atoms. The average Bonchev–Trinajstić information content (AvgIpc) is 2.69. The summed E-state index contributed by atoms with van der Waals surface area (Å²) in [5.74, 6) is -0.443. The highest BCUT2D eigenvalue weighted by Crippen LogP contribution is 2.16. The van der Waals surface area contributed by atoms with E-state index in [1.54, 1.807) is 0 Å². The lowest BCUT2D eigenvalue weighted by atomic mass is 10.1. The lowest BCUT2D eigenvalue weighted by Crippen LogP contribution is -2.22. The van der Waals surface area contributed by atoms with E-state index in [4.69, 9.17) is 0 Å². The Morgan fingerprint density at radius 1 is 0.929 bits per heavy atom. The first-order valence-corrected chi connectivity index (χ1v) is 9.77. The van der Waals surface area contributed by atoms with Crippen LogP contribution in [0.15, 0.2) is 53.6 Å². The number of hydrogen-bond donors (Lipinski definition) is 2. The summed E-state index contributed by atoms with van der Waals surface area (Å²) in [6.45, 7) is 6.08. The first kappa shape index (κ1) is 21.4. The molecule has 0 heterocycles. The SMILES string of the molecule is CCCC/C(=N\NC(=O)CCC(=O)Nc1ccc(C)cc1C)c1ccccc1. The van der Waals surface area contributed by atoms with Gasteiger partial charge < -0.3 is 5.32 Å². The third-order valence-electron chi connectivity index (χ3n) is 4.42. The van der Waals surface area contributed by atoms with Crippen LogP contribution in [-0.2, 0) is 9.59 Å². The molecule has 0 bridgehead atoms. The molecule has 0 atom stereocenters. The molecular weight excluding hydrogens is 350 g/mol. The van der Waals surface area contributed by atoms with Gasteiger partial charge in [-0.1, -0.05) is 61.4 Å². The van der Waals surface area contributed by atoms with Gasteiger partial charge >= 0.3 is 0 Å². The van der Waals surface area contributed by atoms with Crippen LogP contribution < -0.4 is 10.7 Å². The van der Waals surface area contributed by atoms with Crippen LogP contribution in [0.2, 0.25) is 0 Å². The smallest absolute Gasteiger partial charge is 0.240 e. The number of nitrogens with zero attached hydrogens (tertiary/aromatic N) is 1. The number of unbranched alkanes of at least 4 members (excludes halogenated alkanes) is 1. The summed E-state index contributed by atoms with van der Waals surface area (Å²) in [4.78, 5) is 24.3. The van der Waals surface area contributed by atoms with E-state index in [-0.39, 0.29) is 24.7 Å². The number of aryl methyl sites for hydroxylation is 2. The van der Waals surface area contributed by atoms with Gasteiger partial charge in [0.05, 0.1) is 5.71 Å². The van der Waals surface area contributed by atoms with Crippen LogP contribution >= 0.6 is 0 Å². The number of nitrogens with one attached hydrogen (secondary N) is 2. The van der Waals surface area contributed by atoms with Crippen LogP contribution in [0.3, 0.4) is 0 Å². The number of carbonyl (C=O) groups excluding carboxylic acids is 2. The van der Waals surface area contributed by atoms with Crippen molar-refractivity contribution in [2.24, 2.45) is 5.10 Å². The first-order chi connectivity index (χ1) is 13.5. The molecule has 0 aliphatic rings. The molecular formula is C23H29N3O2. The monoisotopic (exact) mass is 379 g/mol. The molecule has 0 radical (unpaired) electrons. The maximum Gasteiger partial charge on any atom is 0.240 e. The van der Waals surface area contributed by atoms with Gasteiger partial charge in [0, 0.05) is 18.5 Å². The van der Waals surface area contributed by atoms with Crippen molar-refractivity contribution in [3.05, 3.63) is 65.2 Å². The third kappa shape index (κ3) is 6.99. The predicted octanol–water partition coefficient (Wildman–Crippen LogP) is 4.73. The Morgan fingerprint density at radius 3 is 2.32 bits per heavy atom. The van der Waals surface area contributed by atoms with Gasteiger partial charge in [0.25, 0.3) is 0 Å². The molecule has 2 amide bonds. The molecule has 148 valence electrons. The van der Waals surface area contributed by atoms with Crippen LogP contribution in [0.1, 0.15) is 55.7 Å². The van der Waals surface area contributed by atoms with Gasteiger partial charge in [-0.3, -0.25) is 9.59 Å². The molecule has 0 aliphatic heterocycles. The molecule has 2 aromatic carbocycles. The minimum atomic E-state index is -0.263. The van der Waals surface area contributed by atoms with Crippen molar-refractivity contribution in [1.29, 1.82) is 0 Å². The third-order valence-corrected chi connectivity index (χ3v) is 4.42. The van der Waals surface area contributed by atoms with Gasteiger partial charge in [0.2, 0.25) is 11.8 Å². The quantitative estimate of drug-likeness (QED) is 0.488. The highest BCUT2D eigenvalue weighted by atomic mass is 16.2. The standard InChI is InChI=1S/C23H29N3O2/c1-4-5-11-21(19-9-7-6-8-10-19)25-26-23(28)15-14-22(27)24-20-13-12-17(2)16-18(20)3/h6-10,12-13,16H,4-5,11,14-15H2,1-3H3,(H,24,27)(H,26,28)/b25-21+. The van der Waals surface area contributed by atoms with E-state index >= 15 is 0 Å². The first-order valence-electron chi connectivity index (χ1n) is 9.77. The van der Waals surface area contributed by atoms with E-state index in [1.807, 2.05) is 62.4 Å². The Balaban J connectivity index is 1.87. The normalized spacial score (nSPS) is 11.2. The fourth-order valence-electron chi connectivity index (χ4n) is 2.82. The van der Waals surface area contributed by atoms with Crippen LogP contribution in [0.25, 0.3) is 0 Å². The molecule has 0 saturated heterocycles. The Labute approximate surface area is 167 Å². The van der Waals surface area contributed by atoms with Crippen LogP contribution in [0.4, 0.5) is 5.69 Å². The van der Waals surface area contributed by atoms with Gasteiger partial charge in [0.15, 0.2) is 0 Å². The fraction of sp³-hybridized carbons (Fsp3) is 0.348. The Morgan fingerprint density at radius 2 is 1.64 bits per heavy atom. The summed E-state index contributed by atoms with van der Waals surface area (Å²) in [6.07, 6.45) is 3.06. The minimum absolute atomic E-state index is 0.0933. The largest absolute Gasteiger partial charge is 0.326 e. The van der Waals surface area contributed by atoms with E-state index < -0.39 is 0 Å². The summed E-state index contributed by atoms with van der Waals surface area (Å²) < 4.78 is 0. The Hall–Kier alpha value is -2.95. The maximum absolute atomic E-state index is 12.1. The van der Waals surface area contributed by atoms with Gasteiger partial charge in [-0.25, -0.2) is 5.43 Å². The van der Waals surface area contributed by atoms with E-state index in [9.17, 15) is 9.59 Å². The van der Waals surface area contributed by atoms with Gasteiger partial charge in [-0.15, -0.1) is 0 Å². The van der Waals surface area contributed by atoms with Crippen LogP contribution in [0.5, 0.6) is 0 Å². The summed E-state index contributed by atoms with van der Waals surface area (Å²) in [5, 5.41) is 7.16. The van der Waals surface area contributed by atoms with Gasteiger partial charge in [-0.2, -0.15) is 5.10 Å². The molecule has 0 saturated carbocycles. The van der Waals surface area contributed by atoms with Crippen molar-refractivity contribution in [2.75, 3.05) is 5.32 Å². The molecule has 0 unspecified atom stereocenters. The van der Waals surface area contributed by atoms with Gasteiger partial charge in [0.1, 0.15) is 0 Å². The van der Waals surface area contributed by atoms with Crippen molar-refractivity contribution >= 4 is 23.2 Å². The van der Waals surface area contributed by atoms with Crippen molar-refractivity contribution in [3.63, 3.8) is 0 Å². The van der Waals surface area contributed by atoms with Crippen LogP contribution in [-0.4, -0.2) is 17.5 Å². The number of hydrogen-bond acceptors (Lipinski definition) is 3. The average molecular weight is 380 g/mol. The maximum atomic E-state index is 12.1. The highest BCUT2D eigenvalue weighted by molar-refractivity contribution is 6.01. The number of amides is 2. The molecule has 0 spiro atoms. The van der Waals surface area contributed by atoms with Crippen molar-refractivity contribution in [3.8, 4) is 0 Å². The number of rotatable bonds is 9. The molecule has 0 aromatic heterocycles. The minimum Gasteiger partial charge on any atom is -0.326 e. The second-order valence-corrected chi connectivity index (χ2v) is 6.93. The summed E-state index contributed by atoms with van der Waals surface area (Å²) in [5.41, 5.74) is 7.38.